The number of nitrogens with zero attached hydrogens (tertiary/aromatic N) is 2. The van der Waals surface area contributed by atoms with Crippen LogP contribution in [0, 0.1) is 0 Å². The Labute approximate surface area is 153 Å². The lowest BCUT2D eigenvalue weighted by molar-refractivity contribution is -0.122. The Hall–Kier alpha value is -2.00. The van der Waals surface area contributed by atoms with E-state index in [0.717, 1.165) is 14.7 Å². The van der Waals surface area contributed by atoms with Crippen LogP contribution in [-0.4, -0.2) is 41.7 Å². The molecule has 1 amide bonds. The Bertz CT molecular complexity index is 954. The lowest BCUT2D eigenvalue weighted by Gasteiger charge is -2.12. The molecule has 0 bridgehead atoms. The van der Waals surface area contributed by atoms with E-state index in [1.54, 1.807) is 6.07 Å². The van der Waals surface area contributed by atoms with Crippen LogP contribution in [0.4, 0.5) is 0 Å². The van der Waals surface area contributed by atoms with Gasteiger partial charge in [-0.3, -0.25) is 9.59 Å². The summed E-state index contributed by atoms with van der Waals surface area (Å²) >= 11 is 3.35. The van der Waals surface area contributed by atoms with E-state index in [0.29, 0.717) is 12.1 Å². The zero-order valence-electron chi connectivity index (χ0n) is 13.2. The third-order valence-electron chi connectivity index (χ3n) is 3.90. The largest absolute Gasteiger partial charge is 0.351 e. The summed E-state index contributed by atoms with van der Waals surface area (Å²) in [5.74, 6) is -0.403. The van der Waals surface area contributed by atoms with E-state index >= 15 is 0 Å². The van der Waals surface area contributed by atoms with E-state index in [4.69, 9.17) is 0 Å². The minimum atomic E-state index is -3.07. The molecule has 25 heavy (non-hydrogen) atoms. The van der Waals surface area contributed by atoms with Crippen molar-refractivity contribution >= 4 is 31.7 Å². The number of amides is 1. The fraction of sp³-hybridized carbons (Fsp3) is 0.312. The van der Waals surface area contributed by atoms with Gasteiger partial charge in [0.15, 0.2) is 9.84 Å². The average molecular weight is 426 g/mol. The number of nitrogens with one attached hydrogen (secondary N) is 1. The zero-order valence-corrected chi connectivity index (χ0v) is 15.6. The lowest BCUT2D eigenvalue weighted by Crippen LogP contribution is -2.40. The number of rotatable bonds is 4. The van der Waals surface area contributed by atoms with Gasteiger partial charge >= 0.3 is 0 Å². The minimum Gasteiger partial charge on any atom is -0.351 e. The molecule has 0 saturated carbocycles. The molecular weight excluding hydrogens is 410 g/mol. The van der Waals surface area contributed by atoms with Gasteiger partial charge in [-0.2, -0.15) is 5.10 Å². The molecule has 2 heterocycles. The third-order valence-corrected chi connectivity index (χ3v) is 6.19. The fourth-order valence-electron chi connectivity index (χ4n) is 2.65. The van der Waals surface area contributed by atoms with Gasteiger partial charge in [0, 0.05) is 22.1 Å². The van der Waals surface area contributed by atoms with Crippen LogP contribution in [-0.2, 0) is 21.2 Å². The smallest absolute Gasteiger partial charge is 0.267 e. The quantitative estimate of drug-likeness (QED) is 0.786. The summed E-state index contributed by atoms with van der Waals surface area (Å²) in [5.41, 5.74) is 0.998. The predicted molar refractivity (Wildman–Crippen MR) is 96.8 cm³/mol. The van der Waals surface area contributed by atoms with Gasteiger partial charge in [-0.15, -0.1) is 0 Å². The van der Waals surface area contributed by atoms with Crippen LogP contribution in [0.15, 0.2) is 45.7 Å². The molecule has 1 fully saturated rings. The second-order valence-corrected chi connectivity index (χ2v) is 9.03. The topological polar surface area (TPSA) is 98.1 Å². The molecule has 1 aliphatic rings. The van der Waals surface area contributed by atoms with E-state index in [1.807, 2.05) is 24.3 Å². The molecule has 3 rings (SSSR count). The standard InChI is InChI=1S/C16H16BrN3O4S/c17-12-3-1-11(2-4-12)14-5-6-16(22)20(19-14)9-15(21)18-13-7-8-25(23,24)10-13/h1-6,13H,7-10H2,(H,18,21). The van der Waals surface area contributed by atoms with Crippen molar-refractivity contribution in [1.82, 2.24) is 15.1 Å². The number of halogens is 1. The molecule has 9 heteroatoms. The van der Waals surface area contributed by atoms with E-state index in [-0.39, 0.29) is 18.1 Å². The van der Waals surface area contributed by atoms with Crippen molar-refractivity contribution in [2.24, 2.45) is 0 Å². The number of hydrogen-bond donors (Lipinski definition) is 1. The number of sulfone groups is 1. The number of hydrogen-bond acceptors (Lipinski definition) is 5. The van der Waals surface area contributed by atoms with Gasteiger partial charge in [0.25, 0.3) is 5.56 Å². The van der Waals surface area contributed by atoms with E-state index in [1.165, 1.54) is 6.07 Å². The normalized spacial score (nSPS) is 18.8. The van der Waals surface area contributed by atoms with E-state index in [9.17, 15) is 18.0 Å². The van der Waals surface area contributed by atoms with Gasteiger partial charge in [-0.05, 0) is 24.6 Å². The Kier molecular flexibility index (Phi) is 5.05. The third kappa shape index (κ3) is 4.55. The van der Waals surface area contributed by atoms with Crippen molar-refractivity contribution < 1.29 is 13.2 Å². The molecule has 0 radical (unpaired) electrons. The molecule has 132 valence electrons. The van der Waals surface area contributed by atoms with Gasteiger partial charge < -0.3 is 5.32 Å². The Balaban J connectivity index is 1.73. The predicted octanol–water partition coefficient (Wildman–Crippen LogP) is 0.976. The van der Waals surface area contributed by atoms with Crippen molar-refractivity contribution in [2.45, 2.75) is 19.0 Å². The molecule has 7 nitrogen and oxygen atoms in total. The summed E-state index contributed by atoms with van der Waals surface area (Å²) in [5, 5.41) is 6.88. The Morgan fingerprint density at radius 1 is 1.24 bits per heavy atom. The number of aromatic nitrogens is 2. The monoisotopic (exact) mass is 425 g/mol. The van der Waals surface area contributed by atoms with Crippen LogP contribution < -0.4 is 10.9 Å². The molecule has 0 aliphatic carbocycles. The second kappa shape index (κ2) is 7.09. The average Bonchev–Trinajstić information content (AvgIpc) is 2.89. The number of benzene rings is 1. The first-order chi connectivity index (χ1) is 11.8. The molecular formula is C16H16BrN3O4S. The zero-order chi connectivity index (χ0) is 18.0. The first kappa shape index (κ1) is 17.8. The molecule has 1 aromatic heterocycles. The summed E-state index contributed by atoms with van der Waals surface area (Å²) in [6, 6.07) is 9.98. The molecule has 0 spiro atoms. The Morgan fingerprint density at radius 3 is 2.60 bits per heavy atom. The van der Waals surface area contributed by atoms with Gasteiger partial charge in [-0.25, -0.2) is 13.1 Å². The maximum absolute atomic E-state index is 12.1. The summed E-state index contributed by atoms with van der Waals surface area (Å²) in [7, 11) is -3.07. The van der Waals surface area contributed by atoms with Crippen LogP contribution in [0.3, 0.4) is 0 Å². The Morgan fingerprint density at radius 2 is 1.96 bits per heavy atom. The summed E-state index contributed by atoms with van der Waals surface area (Å²) in [6.45, 7) is -0.250. The second-order valence-electron chi connectivity index (χ2n) is 5.89. The highest BCUT2D eigenvalue weighted by atomic mass is 79.9. The number of carbonyl (C=O) groups is 1. The molecule has 1 N–H and O–H groups in total. The first-order valence-electron chi connectivity index (χ1n) is 7.66. The van der Waals surface area contributed by atoms with Crippen LogP contribution in [0.2, 0.25) is 0 Å². The van der Waals surface area contributed by atoms with Gasteiger partial charge in [0.1, 0.15) is 6.54 Å². The molecule has 1 aromatic carbocycles. The van der Waals surface area contributed by atoms with Crippen LogP contribution in [0.5, 0.6) is 0 Å². The van der Waals surface area contributed by atoms with Gasteiger partial charge in [0.2, 0.25) is 5.91 Å². The SMILES string of the molecule is O=C(Cn1nc(-c2ccc(Br)cc2)ccc1=O)NC1CCS(=O)(=O)C1. The molecule has 1 aliphatic heterocycles. The molecule has 2 aromatic rings. The lowest BCUT2D eigenvalue weighted by atomic mass is 10.1. The number of carbonyl (C=O) groups excluding carboxylic acids is 1. The summed E-state index contributed by atoms with van der Waals surface area (Å²) < 4.78 is 24.9. The van der Waals surface area contributed by atoms with Gasteiger partial charge in [-0.1, -0.05) is 28.1 Å². The maximum atomic E-state index is 12.1. The highest BCUT2D eigenvalue weighted by molar-refractivity contribution is 9.10. The van der Waals surface area contributed by atoms with Crippen LogP contribution in [0.25, 0.3) is 11.3 Å². The van der Waals surface area contributed by atoms with Crippen molar-refractivity contribution in [3.63, 3.8) is 0 Å². The van der Waals surface area contributed by atoms with Gasteiger partial charge in [0.05, 0.1) is 17.2 Å². The summed E-state index contributed by atoms with van der Waals surface area (Å²) in [6.07, 6.45) is 0.398. The van der Waals surface area contributed by atoms with Crippen molar-refractivity contribution in [3.8, 4) is 11.3 Å². The van der Waals surface area contributed by atoms with Crippen molar-refractivity contribution in [1.29, 1.82) is 0 Å². The van der Waals surface area contributed by atoms with Crippen molar-refractivity contribution in [3.05, 3.63) is 51.2 Å². The minimum absolute atomic E-state index is 0.0556. The highest BCUT2D eigenvalue weighted by Gasteiger charge is 2.28. The molecule has 1 unspecified atom stereocenters. The first-order valence-corrected chi connectivity index (χ1v) is 10.3. The fourth-order valence-corrected chi connectivity index (χ4v) is 4.59. The van der Waals surface area contributed by atoms with Crippen molar-refractivity contribution in [2.75, 3.05) is 11.5 Å². The maximum Gasteiger partial charge on any atom is 0.267 e. The molecule has 1 atom stereocenters. The highest BCUT2D eigenvalue weighted by Crippen LogP contribution is 2.18. The summed E-state index contributed by atoms with van der Waals surface area (Å²) in [4.78, 5) is 24.1. The molecule has 1 saturated heterocycles. The van der Waals surface area contributed by atoms with Crippen LogP contribution >= 0.6 is 15.9 Å². The van der Waals surface area contributed by atoms with E-state index < -0.39 is 27.3 Å². The van der Waals surface area contributed by atoms with E-state index in [2.05, 4.69) is 26.3 Å². The van der Waals surface area contributed by atoms with Crippen LogP contribution in [0.1, 0.15) is 6.42 Å².